The summed E-state index contributed by atoms with van der Waals surface area (Å²) in [5.74, 6) is 0.389. The van der Waals surface area contributed by atoms with Gasteiger partial charge >= 0.3 is 0 Å². The summed E-state index contributed by atoms with van der Waals surface area (Å²) < 4.78 is 5.67. The van der Waals surface area contributed by atoms with Crippen molar-refractivity contribution in [2.75, 3.05) is 13.1 Å². The molecule has 4 heteroatoms. The molecule has 0 spiro atoms. The van der Waals surface area contributed by atoms with Crippen molar-refractivity contribution in [2.45, 2.75) is 32.2 Å². The second kappa shape index (κ2) is 4.63. The van der Waals surface area contributed by atoms with Gasteiger partial charge in [0.25, 0.3) is 5.91 Å². The second-order valence-electron chi connectivity index (χ2n) is 6.10. The average molecular weight is 272 g/mol. The molecule has 0 saturated carbocycles. The number of furan rings is 1. The van der Waals surface area contributed by atoms with Gasteiger partial charge in [-0.3, -0.25) is 4.79 Å². The predicted octanol–water partition coefficient (Wildman–Crippen LogP) is 2.69. The largest absolute Gasteiger partial charge is 0.451 e. The van der Waals surface area contributed by atoms with E-state index in [-0.39, 0.29) is 11.4 Å². The molecule has 4 nitrogen and oxygen atoms in total. The Morgan fingerprint density at radius 1 is 1.30 bits per heavy atom. The fourth-order valence-electron chi connectivity index (χ4n) is 2.64. The quantitative estimate of drug-likeness (QED) is 0.868. The Morgan fingerprint density at radius 3 is 2.70 bits per heavy atom. The molecule has 0 bridgehead atoms. The highest BCUT2D eigenvalue weighted by molar-refractivity contribution is 5.96. The summed E-state index contributed by atoms with van der Waals surface area (Å²) in [5.41, 5.74) is 7.87. The molecule has 0 aliphatic carbocycles. The summed E-state index contributed by atoms with van der Waals surface area (Å²) in [4.78, 5) is 14.3. The Hall–Kier alpha value is -1.81. The van der Waals surface area contributed by atoms with Gasteiger partial charge in [0, 0.05) is 24.0 Å². The molecule has 1 aromatic carbocycles. The van der Waals surface area contributed by atoms with Gasteiger partial charge in [-0.2, -0.15) is 0 Å². The van der Waals surface area contributed by atoms with E-state index < -0.39 is 0 Å². The van der Waals surface area contributed by atoms with Crippen LogP contribution in [0.1, 0.15) is 35.9 Å². The van der Waals surface area contributed by atoms with Crippen LogP contribution in [0, 0.1) is 6.92 Å². The van der Waals surface area contributed by atoms with E-state index in [1.807, 2.05) is 43.0 Å². The molecule has 1 fully saturated rings. The SMILES string of the molecule is Cc1ccc2oc(C(=O)N3CCC(C)(N)CC3)cc2c1. The minimum Gasteiger partial charge on any atom is -0.451 e. The highest BCUT2D eigenvalue weighted by Crippen LogP contribution is 2.24. The first-order chi connectivity index (χ1) is 9.44. The third-order valence-corrected chi connectivity index (χ3v) is 4.08. The van der Waals surface area contributed by atoms with E-state index in [2.05, 4.69) is 0 Å². The van der Waals surface area contributed by atoms with Gasteiger partial charge in [0.05, 0.1) is 0 Å². The minimum absolute atomic E-state index is 0.0330. The number of likely N-dealkylation sites (tertiary alicyclic amines) is 1. The Labute approximate surface area is 118 Å². The van der Waals surface area contributed by atoms with Crippen molar-refractivity contribution in [1.82, 2.24) is 4.90 Å². The lowest BCUT2D eigenvalue weighted by Gasteiger charge is -2.36. The molecule has 106 valence electrons. The van der Waals surface area contributed by atoms with Crippen LogP contribution in [0.25, 0.3) is 11.0 Å². The van der Waals surface area contributed by atoms with Crippen molar-refractivity contribution in [1.29, 1.82) is 0 Å². The molecule has 0 atom stereocenters. The summed E-state index contributed by atoms with van der Waals surface area (Å²) in [5, 5.41) is 0.981. The maximum atomic E-state index is 12.5. The molecule has 1 aliphatic heterocycles. The van der Waals surface area contributed by atoms with Gasteiger partial charge in [-0.05, 0) is 44.9 Å². The number of carbonyl (C=O) groups excluding carboxylic acids is 1. The lowest BCUT2D eigenvalue weighted by Crippen LogP contribution is -2.49. The third kappa shape index (κ3) is 2.43. The number of nitrogens with two attached hydrogens (primary N) is 1. The van der Waals surface area contributed by atoms with Crippen LogP contribution in [-0.4, -0.2) is 29.4 Å². The maximum Gasteiger partial charge on any atom is 0.289 e. The van der Waals surface area contributed by atoms with Gasteiger partial charge < -0.3 is 15.1 Å². The van der Waals surface area contributed by atoms with Crippen molar-refractivity contribution in [2.24, 2.45) is 5.73 Å². The number of amides is 1. The zero-order valence-electron chi connectivity index (χ0n) is 12.0. The number of rotatable bonds is 1. The summed E-state index contributed by atoms with van der Waals surface area (Å²) in [7, 11) is 0. The van der Waals surface area contributed by atoms with E-state index in [0.29, 0.717) is 18.8 Å². The zero-order valence-corrected chi connectivity index (χ0v) is 12.0. The van der Waals surface area contributed by atoms with E-state index in [4.69, 9.17) is 10.2 Å². The van der Waals surface area contributed by atoms with Gasteiger partial charge in [0.2, 0.25) is 0 Å². The maximum absolute atomic E-state index is 12.5. The first-order valence-corrected chi connectivity index (χ1v) is 7.03. The fraction of sp³-hybridized carbons (Fsp3) is 0.438. The summed E-state index contributed by atoms with van der Waals surface area (Å²) in [6.07, 6.45) is 1.66. The highest BCUT2D eigenvalue weighted by atomic mass is 16.3. The van der Waals surface area contributed by atoms with E-state index in [1.54, 1.807) is 0 Å². The number of fused-ring (bicyclic) bond motifs is 1. The minimum atomic E-state index is -0.151. The summed E-state index contributed by atoms with van der Waals surface area (Å²) in [6.45, 7) is 5.46. The van der Waals surface area contributed by atoms with E-state index >= 15 is 0 Å². The smallest absolute Gasteiger partial charge is 0.289 e. The van der Waals surface area contributed by atoms with Gasteiger partial charge in [0.1, 0.15) is 5.58 Å². The number of hydrogen-bond donors (Lipinski definition) is 1. The molecular formula is C16H20N2O2. The lowest BCUT2D eigenvalue weighted by molar-refractivity contribution is 0.0651. The van der Waals surface area contributed by atoms with Crippen LogP contribution in [0.15, 0.2) is 28.7 Å². The highest BCUT2D eigenvalue weighted by Gasteiger charge is 2.29. The normalized spacial score (nSPS) is 18.4. The zero-order chi connectivity index (χ0) is 14.3. The Morgan fingerprint density at radius 2 is 2.00 bits per heavy atom. The number of carbonyl (C=O) groups is 1. The lowest BCUT2D eigenvalue weighted by atomic mass is 9.91. The molecule has 1 aliphatic rings. The molecule has 1 aromatic heterocycles. The predicted molar refractivity (Wildman–Crippen MR) is 78.7 cm³/mol. The van der Waals surface area contributed by atoms with Crippen LogP contribution in [0.3, 0.4) is 0 Å². The van der Waals surface area contributed by atoms with Crippen LogP contribution >= 0.6 is 0 Å². The second-order valence-corrected chi connectivity index (χ2v) is 6.10. The number of benzene rings is 1. The Balaban J connectivity index is 1.82. The van der Waals surface area contributed by atoms with Crippen LogP contribution in [0.4, 0.5) is 0 Å². The van der Waals surface area contributed by atoms with Crippen molar-refractivity contribution in [3.05, 3.63) is 35.6 Å². The van der Waals surface area contributed by atoms with Crippen LogP contribution in [0.5, 0.6) is 0 Å². The Kier molecular flexibility index (Phi) is 3.05. The number of piperidine rings is 1. The molecule has 0 unspecified atom stereocenters. The van der Waals surface area contributed by atoms with Crippen LogP contribution in [-0.2, 0) is 0 Å². The van der Waals surface area contributed by atoms with Gasteiger partial charge in [0.15, 0.2) is 5.76 Å². The molecule has 2 aromatic rings. The van der Waals surface area contributed by atoms with Gasteiger partial charge in [-0.15, -0.1) is 0 Å². The van der Waals surface area contributed by atoms with Crippen molar-refractivity contribution < 1.29 is 9.21 Å². The first kappa shape index (κ1) is 13.2. The van der Waals surface area contributed by atoms with E-state index in [9.17, 15) is 4.79 Å². The average Bonchev–Trinajstić information content (AvgIpc) is 2.80. The van der Waals surface area contributed by atoms with Crippen LogP contribution < -0.4 is 5.73 Å². The van der Waals surface area contributed by atoms with Crippen molar-refractivity contribution in [3.63, 3.8) is 0 Å². The molecule has 0 radical (unpaired) electrons. The monoisotopic (exact) mass is 272 g/mol. The summed E-state index contributed by atoms with van der Waals surface area (Å²) >= 11 is 0. The molecule has 1 saturated heterocycles. The molecule has 1 amide bonds. The van der Waals surface area contributed by atoms with Crippen molar-refractivity contribution in [3.8, 4) is 0 Å². The standard InChI is InChI=1S/C16H20N2O2/c1-11-3-4-13-12(9-11)10-14(20-13)15(19)18-7-5-16(2,17)6-8-18/h3-4,9-10H,5-8,17H2,1-2H3. The summed E-state index contributed by atoms with van der Waals surface area (Å²) in [6, 6.07) is 7.76. The molecule has 3 rings (SSSR count). The van der Waals surface area contributed by atoms with Crippen molar-refractivity contribution >= 4 is 16.9 Å². The van der Waals surface area contributed by atoms with Gasteiger partial charge in [-0.1, -0.05) is 11.6 Å². The number of nitrogens with zero attached hydrogens (tertiary/aromatic N) is 1. The Bertz CT molecular complexity index is 648. The van der Waals surface area contributed by atoms with Gasteiger partial charge in [-0.25, -0.2) is 0 Å². The van der Waals surface area contributed by atoms with E-state index in [0.717, 1.165) is 29.4 Å². The fourth-order valence-corrected chi connectivity index (χ4v) is 2.64. The molecule has 20 heavy (non-hydrogen) atoms. The van der Waals surface area contributed by atoms with Crippen LogP contribution in [0.2, 0.25) is 0 Å². The third-order valence-electron chi connectivity index (χ3n) is 4.08. The first-order valence-electron chi connectivity index (χ1n) is 7.03. The molecule has 2 heterocycles. The molecule has 2 N–H and O–H groups in total. The molecular weight excluding hydrogens is 252 g/mol. The number of aryl methyl sites for hydroxylation is 1. The topological polar surface area (TPSA) is 59.5 Å². The number of hydrogen-bond acceptors (Lipinski definition) is 3. The van der Waals surface area contributed by atoms with E-state index in [1.165, 1.54) is 0 Å².